The molecule has 2 heterocycles. The highest BCUT2D eigenvalue weighted by molar-refractivity contribution is 5.73. The highest BCUT2D eigenvalue weighted by atomic mass is 19.4. The van der Waals surface area contributed by atoms with E-state index in [2.05, 4.69) is 30.6 Å². The van der Waals surface area contributed by atoms with Crippen molar-refractivity contribution in [3.63, 3.8) is 0 Å². The zero-order valence-electron chi connectivity index (χ0n) is 16.7. The maximum atomic E-state index is 13.4. The average molecular weight is 444 g/mol. The number of rotatable bonds is 6. The van der Waals surface area contributed by atoms with Crippen molar-refractivity contribution in [1.29, 1.82) is 0 Å². The van der Waals surface area contributed by atoms with E-state index in [4.69, 9.17) is 14.4 Å². The summed E-state index contributed by atoms with van der Waals surface area (Å²) in [5.74, 6) is -1.55. The quantitative estimate of drug-likeness (QED) is 0.491. The minimum absolute atomic E-state index is 0.0753. The molecule has 1 aromatic carbocycles. The second-order valence-corrected chi connectivity index (χ2v) is 6.76. The smallest absolute Gasteiger partial charge is 0.475 e. The topological polar surface area (TPSA) is 130 Å². The van der Waals surface area contributed by atoms with Gasteiger partial charge in [0.05, 0.1) is 6.04 Å². The van der Waals surface area contributed by atoms with Crippen LogP contribution in [0.25, 0.3) is 11.6 Å². The molecule has 2 aromatic heterocycles. The molecule has 0 aliphatic rings. The van der Waals surface area contributed by atoms with Gasteiger partial charge in [0.25, 0.3) is 0 Å². The average Bonchev–Trinajstić information content (AvgIpc) is 3.37. The Bertz CT molecular complexity index is 975. The van der Waals surface area contributed by atoms with Crippen molar-refractivity contribution in [2.24, 2.45) is 5.92 Å². The number of carboxylic acids is 1. The molecular weight excluding hydrogens is 424 g/mol. The number of hydrogen-bond donors (Lipinski definition) is 3. The second-order valence-electron chi connectivity index (χ2n) is 6.76. The zero-order valence-corrected chi connectivity index (χ0v) is 16.7. The van der Waals surface area contributed by atoms with Gasteiger partial charge < -0.3 is 9.63 Å². The molecule has 0 spiro atoms. The number of H-pyrrole nitrogens is 1. The Morgan fingerprint density at radius 1 is 1.26 bits per heavy atom. The van der Waals surface area contributed by atoms with Crippen LogP contribution >= 0.6 is 0 Å². The molecule has 0 fully saturated rings. The summed E-state index contributed by atoms with van der Waals surface area (Å²) in [5, 5.41) is 21.0. The van der Waals surface area contributed by atoms with Crippen molar-refractivity contribution < 1.29 is 32.0 Å². The lowest BCUT2D eigenvalue weighted by molar-refractivity contribution is -0.192. The summed E-state index contributed by atoms with van der Waals surface area (Å²) in [7, 11) is 0. The van der Waals surface area contributed by atoms with Crippen LogP contribution in [0.15, 0.2) is 35.1 Å². The first-order valence-corrected chi connectivity index (χ1v) is 9.00. The molecule has 0 bridgehead atoms. The number of carboxylic acid groups (broad SMARTS) is 1. The molecule has 0 radical (unpaired) electrons. The molecule has 0 aliphatic carbocycles. The second kappa shape index (κ2) is 10.1. The fourth-order valence-electron chi connectivity index (χ4n) is 2.46. The van der Waals surface area contributed by atoms with Gasteiger partial charge in [-0.05, 0) is 30.5 Å². The molecule has 3 rings (SSSR count). The van der Waals surface area contributed by atoms with E-state index in [1.54, 1.807) is 6.07 Å². The summed E-state index contributed by atoms with van der Waals surface area (Å²) in [6.45, 7) is 6.07. The van der Waals surface area contributed by atoms with Gasteiger partial charge in [-0.1, -0.05) is 31.1 Å². The summed E-state index contributed by atoms with van der Waals surface area (Å²) < 4.78 is 50.5. The summed E-state index contributed by atoms with van der Waals surface area (Å²) in [6.07, 6.45) is -3.70. The highest BCUT2D eigenvalue weighted by Gasteiger charge is 2.38. The fourth-order valence-corrected chi connectivity index (χ4v) is 2.46. The molecule has 13 heteroatoms. The molecule has 0 aliphatic heterocycles. The molecule has 0 saturated carbocycles. The van der Waals surface area contributed by atoms with Crippen molar-refractivity contribution >= 4 is 5.97 Å². The number of nitrogens with zero attached hydrogens (tertiary/aromatic N) is 4. The SMILES string of the molecule is CC(NC(c1nc(-c2ncn[nH]2)no1)C(C)C)c1cccc(F)c1.O=C(O)C(F)(F)F. The third-order valence-corrected chi connectivity index (χ3v) is 4.02. The van der Waals surface area contributed by atoms with E-state index in [9.17, 15) is 17.6 Å². The summed E-state index contributed by atoms with van der Waals surface area (Å²) in [6, 6.07) is 6.27. The lowest BCUT2D eigenvalue weighted by atomic mass is 10.0. The van der Waals surface area contributed by atoms with E-state index in [0.29, 0.717) is 17.5 Å². The largest absolute Gasteiger partial charge is 0.490 e. The van der Waals surface area contributed by atoms with Crippen LogP contribution in [-0.4, -0.2) is 42.6 Å². The maximum Gasteiger partial charge on any atom is 0.490 e. The van der Waals surface area contributed by atoms with Gasteiger partial charge in [-0.3, -0.25) is 10.4 Å². The van der Waals surface area contributed by atoms with Crippen LogP contribution in [-0.2, 0) is 4.79 Å². The lowest BCUT2D eigenvalue weighted by Crippen LogP contribution is -2.28. The van der Waals surface area contributed by atoms with Gasteiger partial charge in [-0.25, -0.2) is 14.2 Å². The summed E-state index contributed by atoms with van der Waals surface area (Å²) >= 11 is 0. The maximum absolute atomic E-state index is 13.4. The van der Waals surface area contributed by atoms with Gasteiger partial charge in [-0.15, -0.1) is 0 Å². The van der Waals surface area contributed by atoms with Crippen LogP contribution in [0, 0.1) is 11.7 Å². The van der Waals surface area contributed by atoms with Gasteiger partial charge in [-0.2, -0.15) is 23.3 Å². The number of benzene rings is 1. The van der Waals surface area contributed by atoms with E-state index >= 15 is 0 Å². The number of halogens is 4. The van der Waals surface area contributed by atoms with Crippen LogP contribution in [0.3, 0.4) is 0 Å². The molecule has 0 amide bonds. The molecule has 3 aromatic rings. The van der Waals surface area contributed by atoms with Crippen LogP contribution in [0.4, 0.5) is 17.6 Å². The number of alkyl halides is 3. The Hall–Kier alpha value is -3.35. The molecule has 168 valence electrons. The standard InChI is InChI=1S/C16H19FN6O.C2HF3O2/c1-9(2)13(20-10(3)11-5-4-6-12(17)7-11)16-21-15(23-24-16)14-18-8-19-22-14;3-2(4,5)1(6)7/h4-10,13,20H,1-3H3,(H,18,19,22);(H,6,7). The third kappa shape index (κ3) is 6.84. The van der Waals surface area contributed by atoms with Crippen LogP contribution < -0.4 is 5.32 Å². The molecule has 2 atom stereocenters. The summed E-state index contributed by atoms with van der Waals surface area (Å²) in [4.78, 5) is 17.3. The Kier molecular flexibility index (Phi) is 7.80. The molecule has 2 unspecified atom stereocenters. The predicted octanol–water partition coefficient (Wildman–Crippen LogP) is 3.68. The molecule has 0 saturated heterocycles. The third-order valence-electron chi connectivity index (χ3n) is 4.02. The van der Waals surface area contributed by atoms with Crippen LogP contribution in [0.5, 0.6) is 0 Å². The van der Waals surface area contributed by atoms with Crippen molar-refractivity contribution in [1.82, 2.24) is 30.6 Å². The van der Waals surface area contributed by atoms with E-state index in [-0.39, 0.29) is 23.8 Å². The van der Waals surface area contributed by atoms with Crippen molar-refractivity contribution in [3.05, 3.63) is 47.9 Å². The molecular formula is C18H20F4N6O3. The summed E-state index contributed by atoms with van der Waals surface area (Å²) in [5.41, 5.74) is 0.857. The number of aromatic nitrogens is 5. The normalized spacial score (nSPS) is 13.4. The van der Waals surface area contributed by atoms with Crippen molar-refractivity contribution in [2.75, 3.05) is 0 Å². The van der Waals surface area contributed by atoms with Gasteiger partial charge in [0.2, 0.25) is 11.7 Å². The number of nitrogens with one attached hydrogen (secondary N) is 2. The molecule has 3 N–H and O–H groups in total. The predicted molar refractivity (Wildman–Crippen MR) is 98.9 cm³/mol. The van der Waals surface area contributed by atoms with Gasteiger partial charge in [0.1, 0.15) is 12.1 Å². The first-order valence-electron chi connectivity index (χ1n) is 9.00. The minimum atomic E-state index is -5.08. The number of aliphatic carboxylic acids is 1. The van der Waals surface area contributed by atoms with E-state index in [1.165, 1.54) is 18.5 Å². The first-order chi connectivity index (χ1) is 14.5. The Morgan fingerprint density at radius 2 is 1.94 bits per heavy atom. The van der Waals surface area contributed by atoms with E-state index in [0.717, 1.165) is 5.56 Å². The molecule has 31 heavy (non-hydrogen) atoms. The highest BCUT2D eigenvalue weighted by Crippen LogP contribution is 2.26. The van der Waals surface area contributed by atoms with Gasteiger partial charge in [0, 0.05) is 6.04 Å². The first kappa shape index (κ1) is 23.9. The minimum Gasteiger partial charge on any atom is -0.475 e. The Labute approximate surface area is 173 Å². The van der Waals surface area contributed by atoms with Crippen LogP contribution in [0.2, 0.25) is 0 Å². The number of aromatic amines is 1. The molecule has 9 nitrogen and oxygen atoms in total. The Morgan fingerprint density at radius 3 is 2.45 bits per heavy atom. The Balaban J connectivity index is 0.000000423. The van der Waals surface area contributed by atoms with Gasteiger partial charge in [0.15, 0.2) is 5.82 Å². The number of hydrogen-bond acceptors (Lipinski definition) is 7. The van der Waals surface area contributed by atoms with Crippen LogP contribution in [0.1, 0.15) is 44.3 Å². The monoisotopic (exact) mass is 444 g/mol. The zero-order chi connectivity index (χ0) is 23.2. The number of carbonyl (C=O) groups is 1. The van der Waals surface area contributed by atoms with Gasteiger partial charge >= 0.3 is 12.1 Å². The van der Waals surface area contributed by atoms with E-state index < -0.39 is 12.1 Å². The van der Waals surface area contributed by atoms with Crippen molar-refractivity contribution in [3.8, 4) is 11.6 Å². The lowest BCUT2D eigenvalue weighted by Gasteiger charge is -2.23. The van der Waals surface area contributed by atoms with Crippen molar-refractivity contribution in [2.45, 2.75) is 39.0 Å². The van der Waals surface area contributed by atoms with E-state index in [1.807, 2.05) is 26.8 Å². The fraction of sp³-hybridized carbons (Fsp3) is 0.389.